The van der Waals surface area contributed by atoms with E-state index >= 15 is 0 Å². The van der Waals surface area contributed by atoms with E-state index < -0.39 is 0 Å². The molecular weight excluding hydrogens is 211 g/mol. The minimum atomic E-state index is 0.791. The molecule has 0 aliphatic heterocycles. The van der Waals surface area contributed by atoms with E-state index in [1.54, 1.807) is 6.92 Å². The van der Waals surface area contributed by atoms with Crippen molar-refractivity contribution in [3.05, 3.63) is 60.2 Å². The van der Waals surface area contributed by atoms with Crippen LogP contribution in [0.2, 0.25) is 0 Å². The summed E-state index contributed by atoms with van der Waals surface area (Å²) in [5.74, 6) is 0. The zero-order valence-electron chi connectivity index (χ0n) is 8.89. The quantitative estimate of drug-likeness (QED) is 0.567. The molecule has 0 aliphatic rings. The van der Waals surface area contributed by atoms with Crippen molar-refractivity contribution in [2.75, 3.05) is 0 Å². The third-order valence-electron chi connectivity index (χ3n) is 2.46. The Morgan fingerprint density at radius 1 is 0.875 bits per heavy atom. The number of hydrogen-bond acceptors (Lipinski definition) is 1. The molecule has 0 N–H and O–H groups in total. The van der Waals surface area contributed by atoms with Gasteiger partial charge in [-0.3, -0.25) is 0 Å². The Morgan fingerprint density at radius 2 is 1.44 bits per heavy atom. The van der Waals surface area contributed by atoms with E-state index in [4.69, 9.17) is 12.2 Å². The number of benzene rings is 2. The molecule has 0 saturated carbocycles. The van der Waals surface area contributed by atoms with Crippen LogP contribution in [0.15, 0.2) is 54.6 Å². The van der Waals surface area contributed by atoms with Gasteiger partial charge in [0.15, 0.2) is 0 Å². The first-order valence-corrected chi connectivity index (χ1v) is 5.54. The Kier molecular flexibility index (Phi) is 3.42. The van der Waals surface area contributed by atoms with Gasteiger partial charge in [-0.25, -0.2) is 0 Å². The zero-order chi connectivity index (χ0) is 11.4. The molecule has 0 amide bonds. The molecule has 0 spiro atoms. The van der Waals surface area contributed by atoms with Crippen LogP contribution in [0.4, 0.5) is 0 Å². The van der Waals surface area contributed by atoms with E-state index in [9.17, 15) is 0 Å². The Labute approximate surface area is 102 Å². The van der Waals surface area contributed by atoms with Gasteiger partial charge >= 0.3 is 102 Å². The van der Waals surface area contributed by atoms with Crippen molar-refractivity contribution in [2.24, 2.45) is 0 Å². The summed E-state index contributed by atoms with van der Waals surface area (Å²) in [4.78, 5) is 0. The fourth-order valence-electron chi connectivity index (χ4n) is 1.58. The summed E-state index contributed by atoms with van der Waals surface area (Å²) in [5, 5.41) is 0. The van der Waals surface area contributed by atoms with Crippen LogP contribution >= 0.6 is 12.2 Å². The van der Waals surface area contributed by atoms with Gasteiger partial charge in [0.05, 0.1) is 0 Å². The van der Waals surface area contributed by atoms with E-state index in [0.717, 1.165) is 10.3 Å². The molecule has 0 atom stereocenters. The van der Waals surface area contributed by atoms with Gasteiger partial charge < -0.3 is 0 Å². The molecular formula is C14H11BS. The number of rotatable bonds is 3. The van der Waals surface area contributed by atoms with Gasteiger partial charge in [-0.15, -0.1) is 0 Å². The molecule has 16 heavy (non-hydrogen) atoms. The SMILES string of the molecule is C=BC(=S)c1ccc(-c2ccccc2)cc1. The molecule has 0 bridgehead atoms. The predicted molar refractivity (Wildman–Crippen MR) is 76.5 cm³/mol. The molecule has 0 unspecified atom stereocenters. The molecule has 0 radical (unpaired) electrons. The van der Waals surface area contributed by atoms with Gasteiger partial charge in [-0.2, -0.15) is 0 Å². The molecule has 2 aromatic rings. The predicted octanol–water partition coefficient (Wildman–Crippen LogP) is 3.17. The van der Waals surface area contributed by atoms with Crippen LogP contribution in [-0.2, 0) is 0 Å². The van der Waals surface area contributed by atoms with Crippen molar-refractivity contribution in [3.63, 3.8) is 0 Å². The van der Waals surface area contributed by atoms with Gasteiger partial charge in [0.25, 0.3) is 0 Å². The molecule has 2 aromatic carbocycles. The van der Waals surface area contributed by atoms with E-state index in [0.29, 0.717) is 0 Å². The summed E-state index contributed by atoms with van der Waals surface area (Å²) in [6.45, 7) is 5.38. The molecule has 2 heteroatoms. The third kappa shape index (κ3) is 2.34. The van der Waals surface area contributed by atoms with Gasteiger partial charge in [0, 0.05) is 0 Å². The number of thiocarbonyl (C=S) groups is 1. The van der Waals surface area contributed by atoms with Gasteiger partial charge in [-0.1, -0.05) is 0 Å². The van der Waals surface area contributed by atoms with Crippen molar-refractivity contribution in [1.82, 2.24) is 0 Å². The molecule has 0 heterocycles. The second-order valence-corrected chi connectivity index (χ2v) is 3.95. The van der Waals surface area contributed by atoms with Crippen LogP contribution in [0.25, 0.3) is 11.1 Å². The molecule has 76 valence electrons. The van der Waals surface area contributed by atoms with Crippen molar-refractivity contribution in [3.8, 4) is 11.1 Å². The topological polar surface area (TPSA) is 0 Å². The van der Waals surface area contributed by atoms with Gasteiger partial charge in [-0.05, 0) is 0 Å². The average Bonchev–Trinajstić information content (AvgIpc) is 2.39. The summed E-state index contributed by atoms with van der Waals surface area (Å²) < 4.78 is 0.791. The fourth-order valence-corrected chi connectivity index (χ4v) is 1.71. The van der Waals surface area contributed by atoms with E-state index in [2.05, 4.69) is 30.7 Å². The normalized spacial score (nSPS) is 9.50. The van der Waals surface area contributed by atoms with Crippen molar-refractivity contribution < 1.29 is 0 Å². The van der Waals surface area contributed by atoms with Gasteiger partial charge in [0.1, 0.15) is 0 Å². The van der Waals surface area contributed by atoms with Crippen LogP contribution in [0.5, 0.6) is 0 Å². The average molecular weight is 222 g/mol. The second kappa shape index (κ2) is 5.00. The van der Waals surface area contributed by atoms with Crippen molar-refractivity contribution in [2.45, 2.75) is 0 Å². The van der Waals surface area contributed by atoms with Crippen LogP contribution in [0.3, 0.4) is 0 Å². The van der Waals surface area contributed by atoms with E-state index in [1.165, 1.54) is 11.1 Å². The summed E-state index contributed by atoms with van der Waals surface area (Å²) in [7, 11) is 0. The van der Waals surface area contributed by atoms with Crippen LogP contribution in [-0.4, -0.2) is 18.2 Å². The van der Waals surface area contributed by atoms with E-state index in [-0.39, 0.29) is 0 Å². The molecule has 0 nitrogen and oxygen atoms in total. The summed E-state index contributed by atoms with van der Waals surface area (Å²) in [5.41, 5.74) is 3.47. The first kappa shape index (κ1) is 11.0. The Hall–Kier alpha value is -1.54. The fraction of sp³-hybridized carbons (Fsp3) is 0. The standard InChI is InChI=1S/C14H11BS/c1-15-14(16)13-9-7-12(8-10-13)11-5-3-2-4-6-11/h2-10H,1H2. The van der Waals surface area contributed by atoms with Crippen LogP contribution in [0.1, 0.15) is 5.56 Å². The van der Waals surface area contributed by atoms with Crippen molar-refractivity contribution >= 4 is 30.4 Å². The maximum atomic E-state index is 5.16. The van der Waals surface area contributed by atoms with Crippen LogP contribution in [0, 0.1) is 0 Å². The molecule has 2 rings (SSSR count). The maximum absolute atomic E-state index is 5.16. The van der Waals surface area contributed by atoms with Crippen LogP contribution < -0.4 is 0 Å². The van der Waals surface area contributed by atoms with Gasteiger partial charge in [0.2, 0.25) is 0 Å². The minimum absolute atomic E-state index is 0.791. The van der Waals surface area contributed by atoms with Crippen molar-refractivity contribution in [1.29, 1.82) is 0 Å². The molecule has 0 aliphatic carbocycles. The first-order chi connectivity index (χ1) is 7.81. The Balaban J connectivity index is 2.33. The zero-order valence-corrected chi connectivity index (χ0v) is 9.71. The Bertz CT molecular complexity index is 500. The summed E-state index contributed by atoms with van der Waals surface area (Å²) >= 11 is 5.16. The first-order valence-electron chi connectivity index (χ1n) is 5.13. The molecule has 0 saturated heterocycles. The molecule has 0 aromatic heterocycles. The summed E-state index contributed by atoms with van der Waals surface area (Å²) in [6, 6.07) is 18.5. The third-order valence-corrected chi connectivity index (χ3v) is 2.86. The summed E-state index contributed by atoms with van der Waals surface area (Å²) in [6.07, 6.45) is 0. The monoisotopic (exact) mass is 222 g/mol. The Morgan fingerprint density at radius 3 is 2.00 bits per heavy atom. The second-order valence-electron chi connectivity index (χ2n) is 3.51. The van der Waals surface area contributed by atoms with E-state index in [1.807, 2.05) is 30.3 Å². The number of hydrogen-bond donors (Lipinski definition) is 0. The molecule has 0 fully saturated rings.